The number of amides is 1. The molecule has 2 aromatic rings. The zero-order chi connectivity index (χ0) is 16.7. The van der Waals surface area contributed by atoms with Gasteiger partial charge in [-0.1, -0.05) is 38.1 Å². The summed E-state index contributed by atoms with van der Waals surface area (Å²) in [6.07, 6.45) is 2.04. The number of anilines is 1. The maximum atomic E-state index is 13.1. The Morgan fingerprint density at radius 2 is 1.83 bits per heavy atom. The van der Waals surface area contributed by atoms with Crippen molar-refractivity contribution >= 4 is 23.4 Å². The summed E-state index contributed by atoms with van der Waals surface area (Å²) < 4.78 is 0. The van der Waals surface area contributed by atoms with Gasteiger partial charge in [-0.2, -0.15) is 0 Å². The minimum atomic E-state index is 0.0941. The van der Waals surface area contributed by atoms with E-state index in [0.717, 1.165) is 41.3 Å². The van der Waals surface area contributed by atoms with Crippen LogP contribution in [0.3, 0.4) is 0 Å². The van der Waals surface area contributed by atoms with Gasteiger partial charge in [-0.25, -0.2) is 0 Å². The Bertz CT molecular complexity index is 654. The Balaban J connectivity index is 2.35. The Hall–Kier alpha value is -1.74. The summed E-state index contributed by atoms with van der Waals surface area (Å²) in [6.45, 7) is 7.06. The van der Waals surface area contributed by atoms with Crippen LogP contribution in [0.1, 0.15) is 42.6 Å². The average molecular weight is 327 g/mol. The lowest BCUT2D eigenvalue weighted by Gasteiger charge is -2.24. The zero-order valence-electron chi connectivity index (χ0n) is 14.2. The van der Waals surface area contributed by atoms with Crippen LogP contribution in [0.2, 0.25) is 0 Å². The van der Waals surface area contributed by atoms with E-state index in [0.29, 0.717) is 0 Å². The molecular formula is C20H25NOS. The van der Waals surface area contributed by atoms with Crippen molar-refractivity contribution in [2.45, 2.75) is 38.5 Å². The molecule has 2 nitrogen and oxygen atoms in total. The molecular weight excluding hydrogens is 302 g/mol. The molecule has 3 heteroatoms. The van der Waals surface area contributed by atoms with E-state index < -0.39 is 0 Å². The normalized spacial score (nSPS) is 10.6. The average Bonchev–Trinajstić information content (AvgIpc) is 2.57. The summed E-state index contributed by atoms with van der Waals surface area (Å²) in [5.41, 5.74) is 2.96. The topological polar surface area (TPSA) is 20.3 Å². The van der Waals surface area contributed by atoms with Gasteiger partial charge in [0.25, 0.3) is 5.91 Å². The summed E-state index contributed by atoms with van der Waals surface area (Å²) in [4.78, 5) is 16.1. The molecule has 0 bridgehead atoms. The van der Waals surface area contributed by atoms with Gasteiger partial charge in [-0.15, -0.1) is 11.8 Å². The van der Waals surface area contributed by atoms with E-state index in [1.165, 1.54) is 5.56 Å². The third-order valence-electron chi connectivity index (χ3n) is 3.58. The minimum absolute atomic E-state index is 0.0941. The fourth-order valence-corrected chi connectivity index (χ4v) is 3.40. The predicted octanol–water partition coefficient (Wildman–Crippen LogP) is 5.55. The Labute approximate surface area is 143 Å². The van der Waals surface area contributed by atoms with Gasteiger partial charge in [-0.05, 0) is 55.3 Å². The molecule has 0 saturated carbocycles. The van der Waals surface area contributed by atoms with Gasteiger partial charge in [-0.3, -0.25) is 4.79 Å². The standard InChI is InChI=1S/C20H25NOS/c1-4-13-21(17-10-8-9-16(3)15-17)20(22)18-11-6-7-12-19(18)23-14-5-2/h6-12,15H,4-5,13-14H2,1-3H3. The van der Waals surface area contributed by atoms with Crippen molar-refractivity contribution in [1.29, 1.82) is 0 Å². The number of carbonyl (C=O) groups excluding carboxylic acids is 1. The van der Waals surface area contributed by atoms with Crippen LogP contribution < -0.4 is 4.90 Å². The van der Waals surface area contributed by atoms with Crippen molar-refractivity contribution < 1.29 is 4.79 Å². The van der Waals surface area contributed by atoms with Gasteiger partial charge < -0.3 is 4.90 Å². The molecule has 0 fully saturated rings. The first-order valence-corrected chi connectivity index (χ1v) is 9.26. The number of carbonyl (C=O) groups is 1. The van der Waals surface area contributed by atoms with E-state index >= 15 is 0 Å². The third kappa shape index (κ3) is 4.61. The second-order valence-electron chi connectivity index (χ2n) is 5.64. The highest BCUT2D eigenvalue weighted by Gasteiger charge is 2.19. The molecule has 0 aliphatic heterocycles. The fraction of sp³-hybridized carbons (Fsp3) is 0.350. The molecule has 1 amide bonds. The highest BCUT2D eigenvalue weighted by Crippen LogP contribution is 2.27. The molecule has 0 radical (unpaired) electrons. The van der Waals surface area contributed by atoms with Crippen LogP contribution in [0.15, 0.2) is 53.4 Å². The van der Waals surface area contributed by atoms with Gasteiger partial charge in [0, 0.05) is 17.1 Å². The highest BCUT2D eigenvalue weighted by atomic mass is 32.2. The Morgan fingerprint density at radius 1 is 1.04 bits per heavy atom. The molecule has 0 aliphatic rings. The molecule has 0 atom stereocenters. The number of thioether (sulfide) groups is 1. The lowest BCUT2D eigenvalue weighted by molar-refractivity contribution is 0.0984. The third-order valence-corrected chi connectivity index (χ3v) is 4.86. The number of hydrogen-bond acceptors (Lipinski definition) is 2. The highest BCUT2D eigenvalue weighted by molar-refractivity contribution is 7.99. The van der Waals surface area contributed by atoms with Crippen LogP contribution >= 0.6 is 11.8 Å². The Morgan fingerprint density at radius 3 is 2.52 bits per heavy atom. The maximum absolute atomic E-state index is 13.1. The molecule has 0 aromatic heterocycles. The molecule has 23 heavy (non-hydrogen) atoms. The SMILES string of the molecule is CCCSc1ccccc1C(=O)N(CCC)c1cccc(C)c1. The van der Waals surface area contributed by atoms with Crippen LogP contribution in [0.4, 0.5) is 5.69 Å². The van der Waals surface area contributed by atoms with E-state index in [2.05, 4.69) is 32.9 Å². The molecule has 0 unspecified atom stereocenters. The number of benzene rings is 2. The summed E-state index contributed by atoms with van der Waals surface area (Å²) in [7, 11) is 0. The van der Waals surface area contributed by atoms with Crippen molar-refractivity contribution in [3.05, 3.63) is 59.7 Å². The smallest absolute Gasteiger partial charge is 0.259 e. The van der Waals surface area contributed by atoms with Gasteiger partial charge >= 0.3 is 0 Å². The van der Waals surface area contributed by atoms with Gasteiger partial charge in [0.15, 0.2) is 0 Å². The Kier molecular flexibility index (Phi) is 6.72. The van der Waals surface area contributed by atoms with Crippen LogP contribution in [-0.2, 0) is 0 Å². The van der Waals surface area contributed by atoms with Crippen molar-refractivity contribution in [3.63, 3.8) is 0 Å². The summed E-state index contributed by atoms with van der Waals surface area (Å²) >= 11 is 1.76. The van der Waals surface area contributed by atoms with Crippen molar-refractivity contribution in [3.8, 4) is 0 Å². The van der Waals surface area contributed by atoms with Crippen LogP contribution in [-0.4, -0.2) is 18.2 Å². The summed E-state index contributed by atoms with van der Waals surface area (Å²) in [5.74, 6) is 1.12. The first-order valence-electron chi connectivity index (χ1n) is 8.27. The molecule has 0 saturated heterocycles. The first kappa shape index (κ1) is 17.6. The second-order valence-corrected chi connectivity index (χ2v) is 6.78. The summed E-state index contributed by atoms with van der Waals surface area (Å²) in [6, 6.07) is 16.1. The largest absolute Gasteiger partial charge is 0.308 e. The number of rotatable bonds is 7. The number of hydrogen-bond donors (Lipinski definition) is 0. The second kappa shape index (κ2) is 8.78. The lowest BCUT2D eigenvalue weighted by Crippen LogP contribution is -2.32. The zero-order valence-corrected chi connectivity index (χ0v) is 15.0. The van der Waals surface area contributed by atoms with Crippen LogP contribution in [0, 0.1) is 6.92 Å². The maximum Gasteiger partial charge on any atom is 0.259 e. The van der Waals surface area contributed by atoms with E-state index in [-0.39, 0.29) is 5.91 Å². The van der Waals surface area contributed by atoms with Gasteiger partial charge in [0.2, 0.25) is 0 Å². The van der Waals surface area contributed by atoms with Crippen molar-refractivity contribution in [1.82, 2.24) is 0 Å². The number of aryl methyl sites for hydroxylation is 1. The molecule has 0 aliphatic carbocycles. The quantitative estimate of drug-likeness (QED) is 0.621. The van der Waals surface area contributed by atoms with Crippen LogP contribution in [0.25, 0.3) is 0 Å². The summed E-state index contributed by atoms with van der Waals surface area (Å²) in [5, 5.41) is 0. The van der Waals surface area contributed by atoms with E-state index in [9.17, 15) is 4.79 Å². The van der Waals surface area contributed by atoms with E-state index in [4.69, 9.17) is 0 Å². The molecule has 0 spiro atoms. The lowest BCUT2D eigenvalue weighted by atomic mass is 10.1. The van der Waals surface area contributed by atoms with Crippen molar-refractivity contribution in [2.24, 2.45) is 0 Å². The predicted molar refractivity (Wildman–Crippen MR) is 101 cm³/mol. The van der Waals surface area contributed by atoms with Crippen molar-refractivity contribution in [2.75, 3.05) is 17.2 Å². The first-order chi connectivity index (χ1) is 11.2. The van der Waals surface area contributed by atoms with E-state index in [1.807, 2.05) is 41.3 Å². The number of nitrogens with zero attached hydrogens (tertiary/aromatic N) is 1. The minimum Gasteiger partial charge on any atom is -0.308 e. The molecule has 0 N–H and O–H groups in total. The van der Waals surface area contributed by atoms with Gasteiger partial charge in [0.1, 0.15) is 0 Å². The van der Waals surface area contributed by atoms with Crippen LogP contribution in [0.5, 0.6) is 0 Å². The molecule has 2 rings (SSSR count). The fourth-order valence-electron chi connectivity index (χ4n) is 2.49. The van der Waals surface area contributed by atoms with Gasteiger partial charge in [0.05, 0.1) is 5.56 Å². The van der Waals surface area contributed by atoms with E-state index in [1.54, 1.807) is 11.8 Å². The molecule has 0 heterocycles. The monoisotopic (exact) mass is 327 g/mol. The molecule has 2 aromatic carbocycles. The molecule has 122 valence electrons.